The van der Waals surface area contributed by atoms with Crippen LogP contribution in [0.4, 0.5) is 4.79 Å². The van der Waals surface area contributed by atoms with Gasteiger partial charge in [-0.2, -0.15) is 0 Å². The second kappa shape index (κ2) is 6.89. The molecule has 0 saturated heterocycles. The van der Waals surface area contributed by atoms with Crippen LogP contribution in [0, 0.1) is 0 Å². The first-order chi connectivity index (χ1) is 4.81. The van der Waals surface area contributed by atoms with Crippen LogP contribution in [0.15, 0.2) is 0 Å². The number of hydrogen-bond acceptors (Lipinski definition) is 3. The fourth-order valence-corrected chi connectivity index (χ4v) is 1.13. The van der Waals surface area contributed by atoms with E-state index in [1.807, 2.05) is 0 Å². The molecule has 0 unspecified atom stereocenters. The van der Waals surface area contributed by atoms with E-state index in [1.165, 1.54) is 11.8 Å². The third-order valence-corrected chi connectivity index (χ3v) is 1.95. The van der Waals surface area contributed by atoms with Gasteiger partial charge in [0.25, 0.3) is 5.24 Å². The molecule has 1 amide bonds. The van der Waals surface area contributed by atoms with E-state index in [0.29, 0.717) is 0 Å². The van der Waals surface area contributed by atoms with E-state index >= 15 is 0 Å². The summed E-state index contributed by atoms with van der Waals surface area (Å²) in [5.41, 5.74) is 0. The Morgan fingerprint density at radius 3 is 2.80 bits per heavy atom. The average Bonchev–Trinajstić information content (AvgIpc) is 1.98. The number of nitrogens with one attached hydrogen (secondary N) is 1. The van der Waals surface area contributed by atoms with Crippen LogP contribution < -0.4 is 5.32 Å². The maximum Gasteiger partial charge on any atom is 0.278 e. The highest BCUT2D eigenvalue weighted by Crippen LogP contribution is 2.04. The smallest absolute Gasteiger partial charge is 0.278 e. The van der Waals surface area contributed by atoms with Crippen LogP contribution in [-0.2, 0) is 0 Å². The molecule has 0 heterocycles. The summed E-state index contributed by atoms with van der Waals surface area (Å²) in [5, 5.41) is 10.9. The van der Waals surface area contributed by atoms with Crippen molar-refractivity contribution < 1.29 is 9.90 Å². The molecule has 0 radical (unpaired) electrons. The molecule has 0 fully saturated rings. The third-order valence-electron chi connectivity index (χ3n) is 0.990. The molecule has 0 aliphatic rings. The zero-order valence-electron chi connectivity index (χ0n) is 6.09. The van der Waals surface area contributed by atoms with Crippen LogP contribution in [0.1, 0.15) is 12.8 Å². The number of hydrogen-bond donors (Lipinski definition) is 2. The Balaban J connectivity index is 2.96. The van der Waals surface area contributed by atoms with Crippen molar-refractivity contribution in [2.45, 2.75) is 12.8 Å². The lowest BCUT2D eigenvalue weighted by atomic mass is 10.4. The van der Waals surface area contributed by atoms with Crippen molar-refractivity contribution in [3.63, 3.8) is 0 Å². The summed E-state index contributed by atoms with van der Waals surface area (Å²) in [4.78, 5) is 10.6. The zero-order chi connectivity index (χ0) is 7.82. The van der Waals surface area contributed by atoms with Crippen molar-refractivity contribution in [1.29, 1.82) is 0 Å². The SMILES string of the molecule is CNC(=O)SCCCCO. The standard InChI is InChI=1S/C6H13NO2S/c1-7-6(9)10-5-3-2-4-8/h8H,2-5H2,1H3,(H,7,9). The number of carbonyl (C=O) groups is 1. The van der Waals surface area contributed by atoms with Gasteiger partial charge in [-0.25, -0.2) is 0 Å². The lowest BCUT2D eigenvalue weighted by Gasteiger charge is -1.96. The van der Waals surface area contributed by atoms with Gasteiger partial charge in [0.15, 0.2) is 0 Å². The zero-order valence-corrected chi connectivity index (χ0v) is 6.91. The summed E-state index contributed by atoms with van der Waals surface area (Å²) in [5.74, 6) is 0.792. The molecule has 0 aromatic rings. The number of amides is 1. The van der Waals surface area contributed by atoms with E-state index in [-0.39, 0.29) is 11.8 Å². The van der Waals surface area contributed by atoms with Gasteiger partial charge in [0, 0.05) is 19.4 Å². The van der Waals surface area contributed by atoms with E-state index in [2.05, 4.69) is 5.32 Å². The molecule has 3 nitrogen and oxygen atoms in total. The Labute approximate surface area is 65.2 Å². The number of rotatable bonds is 4. The Kier molecular flexibility index (Phi) is 6.74. The summed E-state index contributed by atoms with van der Waals surface area (Å²) >= 11 is 1.26. The third kappa shape index (κ3) is 5.91. The van der Waals surface area contributed by atoms with Gasteiger partial charge in [-0.15, -0.1) is 0 Å². The largest absolute Gasteiger partial charge is 0.396 e. The van der Waals surface area contributed by atoms with Crippen molar-refractivity contribution in [3.8, 4) is 0 Å². The molecule has 10 heavy (non-hydrogen) atoms. The molecule has 4 heteroatoms. The van der Waals surface area contributed by atoms with Gasteiger partial charge >= 0.3 is 0 Å². The van der Waals surface area contributed by atoms with Gasteiger partial charge in [0.2, 0.25) is 0 Å². The van der Waals surface area contributed by atoms with Crippen LogP contribution >= 0.6 is 11.8 Å². The summed E-state index contributed by atoms with van der Waals surface area (Å²) < 4.78 is 0. The maximum absolute atomic E-state index is 10.6. The molecule has 0 spiro atoms. The van der Waals surface area contributed by atoms with Crippen molar-refractivity contribution >= 4 is 17.0 Å². The number of unbranched alkanes of at least 4 members (excludes halogenated alkanes) is 1. The number of carbonyl (C=O) groups excluding carboxylic acids is 1. The Morgan fingerprint density at radius 2 is 2.30 bits per heavy atom. The van der Waals surface area contributed by atoms with Crippen molar-refractivity contribution in [2.24, 2.45) is 0 Å². The van der Waals surface area contributed by atoms with E-state index in [4.69, 9.17) is 5.11 Å². The summed E-state index contributed by atoms with van der Waals surface area (Å²) in [6.07, 6.45) is 1.68. The minimum atomic E-state index is -0.00191. The van der Waals surface area contributed by atoms with Crippen LogP contribution in [0.5, 0.6) is 0 Å². The Bertz CT molecular complexity index is 97.7. The molecule has 0 rings (SSSR count). The van der Waals surface area contributed by atoms with Gasteiger partial charge in [-0.3, -0.25) is 4.79 Å². The molecular formula is C6H13NO2S. The number of aliphatic hydroxyl groups excluding tert-OH is 1. The van der Waals surface area contributed by atoms with Crippen LogP contribution in [-0.4, -0.2) is 29.8 Å². The average molecular weight is 163 g/mol. The number of aliphatic hydroxyl groups is 1. The molecule has 0 aromatic heterocycles. The highest BCUT2D eigenvalue weighted by molar-refractivity contribution is 8.13. The minimum Gasteiger partial charge on any atom is -0.396 e. The quantitative estimate of drug-likeness (QED) is 0.603. The molecule has 0 bridgehead atoms. The Morgan fingerprint density at radius 1 is 1.60 bits per heavy atom. The monoisotopic (exact) mass is 163 g/mol. The highest BCUT2D eigenvalue weighted by atomic mass is 32.2. The van der Waals surface area contributed by atoms with Gasteiger partial charge in [-0.05, 0) is 12.8 Å². The maximum atomic E-state index is 10.6. The minimum absolute atomic E-state index is 0.00191. The summed E-state index contributed by atoms with van der Waals surface area (Å²) in [7, 11) is 1.61. The van der Waals surface area contributed by atoms with Crippen molar-refractivity contribution in [2.75, 3.05) is 19.4 Å². The summed E-state index contributed by atoms with van der Waals surface area (Å²) in [6, 6.07) is 0. The summed E-state index contributed by atoms with van der Waals surface area (Å²) in [6.45, 7) is 0.217. The van der Waals surface area contributed by atoms with Gasteiger partial charge in [0.05, 0.1) is 0 Å². The van der Waals surface area contributed by atoms with Gasteiger partial charge in [0.1, 0.15) is 0 Å². The first-order valence-electron chi connectivity index (χ1n) is 3.26. The molecule has 0 atom stereocenters. The van der Waals surface area contributed by atoms with Crippen LogP contribution in [0.2, 0.25) is 0 Å². The molecule has 2 N–H and O–H groups in total. The molecule has 0 saturated carbocycles. The molecular weight excluding hydrogens is 150 g/mol. The second-order valence-electron chi connectivity index (χ2n) is 1.82. The van der Waals surface area contributed by atoms with Gasteiger partial charge in [-0.1, -0.05) is 11.8 Å². The second-order valence-corrected chi connectivity index (χ2v) is 2.88. The van der Waals surface area contributed by atoms with E-state index in [0.717, 1.165) is 18.6 Å². The van der Waals surface area contributed by atoms with Crippen molar-refractivity contribution in [1.82, 2.24) is 5.32 Å². The fraction of sp³-hybridized carbons (Fsp3) is 0.833. The predicted octanol–water partition coefficient (Wildman–Crippen LogP) is 0.831. The molecule has 60 valence electrons. The topological polar surface area (TPSA) is 49.3 Å². The first-order valence-corrected chi connectivity index (χ1v) is 4.25. The number of thioether (sulfide) groups is 1. The van der Waals surface area contributed by atoms with E-state index in [9.17, 15) is 4.79 Å². The molecule has 0 aliphatic heterocycles. The lowest BCUT2D eigenvalue weighted by Crippen LogP contribution is -2.11. The molecule has 0 aliphatic carbocycles. The first kappa shape index (κ1) is 9.78. The van der Waals surface area contributed by atoms with Crippen LogP contribution in [0.25, 0.3) is 0 Å². The predicted molar refractivity (Wildman–Crippen MR) is 43.2 cm³/mol. The Hall–Kier alpha value is -0.220. The highest BCUT2D eigenvalue weighted by Gasteiger charge is 1.95. The van der Waals surface area contributed by atoms with E-state index in [1.54, 1.807) is 7.05 Å². The fourth-order valence-electron chi connectivity index (χ4n) is 0.451. The van der Waals surface area contributed by atoms with Crippen LogP contribution in [0.3, 0.4) is 0 Å². The normalized spacial score (nSPS) is 9.40. The lowest BCUT2D eigenvalue weighted by molar-refractivity contribution is 0.262. The van der Waals surface area contributed by atoms with Crippen molar-refractivity contribution in [3.05, 3.63) is 0 Å². The van der Waals surface area contributed by atoms with Gasteiger partial charge < -0.3 is 10.4 Å². The van der Waals surface area contributed by atoms with E-state index < -0.39 is 0 Å². The molecule has 0 aromatic carbocycles.